The number of piperidine rings is 3. The fourth-order valence-corrected chi connectivity index (χ4v) is 8.91. The summed E-state index contributed by atoms with van der Waals surface area (Å²) in [5.74, 6) is 5.24. The van der Waals surface area contributed by atoms with Crippen molar-refractivity contribution < 1.29 is 18.7 Å². The minimum atomic E-state index is -0.575. The summed E-state index contributed by atoms with van der Waals surface area (Å²) in [5.41, 5.74) is 17.0. The number of para-hydroxylation sites is 1. The van der Waals surface area contributed by atoms with Crippen LogP contribution in [0.3, 0.4) is 0 Å². The monoisotopic (exact) mass is 866 g/mol. The van der Waals surface area contributed by atoms with Crippen molar-refractivity contribution in [3.8, 4) is 0 Å². The van der Waals surface area contributed by atoms with E-state index in [1.54, 1.807) is 0 Å². The van der Waals surface area contributed by atoms with Crippen molar-refractivity contribution in [3.63, 3.8) is 0 Å². The van der Waals surface area contributed by atoms with Crippen LogP contribution in [-0.2, 0) is 14.3 Å². The predicted octanol–water partition coefficient (Wildman–Crippen LogP) is 5.67. The molecule has 4 aliphatic heterocycles. The minimum Gasteiger partial charge on any atom is -0.466 e. The third-order valence-corrected chi connectivity index (χ3v) is 12.5. The van der Waals surface area contributed by atoms with Crippen molar-refractivity contribution in [3.05, 3.63) is 30.3 Å². The molecule has 4 saturated heterocycles. The van der Waals surface area contributed by atoms with Crippen LogP contribution in [0.5, 0.6) is 0 Å². The van der Waals surface area contributed by atoms with E-state index in [4.69, 9.17) is 16.2 Å². The maximum atomic E-state index is 12.1. The molecule has 7 aliphatic rings. The Labute approximate surface area is 373 Å². The number of fused-ring (bicyclic) bond motifs is 2. The van der Waals surface area contributed by atoms with Crippen LogP contribution < -0.4 is 43.8 Å². The van der Waals surface area contributed by atoms with Crippen LogP contribution in [0.2, 0.25) is 0 Å². The number of amides is 1. The van der Waals surface area contributed by atoms with Gasteiger partial charge in [-0.3, -0.25) is 9.59 Å². The van der Waals surface area contributed by atoms with E-state index in [-0.39, 0.29) is 17.8 Å². The van der Waals surface area contributed by atoms with Crippen LogP contribution in [0.25, 0.3) is 0 Å². The fraction of sp³-hybridized carbons (Fsp3) is 0.833. The summed E-state index contributed by atoms with van der Waals surface area (Å²) >= 11 is 0. The average Bonchev–Trinajstić information content (AvgIpc) is 3.83. The number of halogens is 1. The number of hydrogen-bond acceptors (Lipinski definition) is 11. The van der Waals surface area contributed by atoms with Crippen LogP contribution in [0.4, 0.5) is 10.1 Å². The highest BCUT2D eigenvalue weighted by atomic mass is 19.1. The molecule has 0 aromatic heterocycles. The number of esters is 1. The van der Waals surface area contributed by atoms with Gasteiger partial charge in [0.15, 0.2) is 0 Å². The van der Waals surface area contributed by atoms with Crippen LogP contribution in [0, 0.1) is 46.8 Å². The molecular formula is C48H96FN9O3. The lowest BCUT2D eigenvalue weighted by molar-refractivity contribution is -0.148. The molecule has 0 radical (unpaired) electrons. The first kappa shape index (κ1) is 58.6. The Kier molecular flexibility index (Phi) is 34.6. The molecule has 3 saturated carbocycles. The smallest absolute Gasteiger partial charge is 0.310 e. The minimum absolute atomic E-state index is 0.0419. The summed E-state index contributed by atoms with van der Waals surface area (Å²) in [6.07, 6.45) is 9.97. The molecule has 0 spiro atoms. The lowest BCUT2D eigenvalue weighted by atomic mass is 9.45. The molecule has 1 aromatic carbocycles. The normalized spacial score (nSPS) is 27.7. The first-order valence-corrected chi connectivity index (χ1v) is 23.9. The van der Waals surface area contributed by atoms with Crippen LogP contribution >= 0.6 is 0 Å². The number of rotatable bonds is 6. The van der Waals surface area contributed by atoms with Gasteiger partial charge in [-0.05, 0) is 186 Å². The number of alkyl halides is 1. The molecule has 61 heavy (non-hydrogen) atoms. The van der Waals surface area contributed by atoms with Gasteiger partial charge in [0, 0.05) is 38.4 Å². The second kappa shape index (κ2) is 36.0. The van der Waals surface area contributed by atoms with E-state index in [2.05, 4.69) is 60.0 Å². The molecule has 12 nitrogen and oxygen atoms in total. The van der Waals surface area contributed by atoms with E-state index in [1.165, 1.54) is 45.8 Å². The van der Waals surface area contributed by atoms with Gasteiger partial charge >= 0.3 is 5.97 Å². The molecule has 2 bridgehead atoms. The fourth-order valence-electron chi connectivity index (χ4n) is 8.91. The summed E-state index contributed by atoms with van der Waals surface area (Å²) in [6, 6.07) is 9.49. The van der Waals surface area contributed by atoms with E-state index in [0.29, 0.717) is 24.5 Å². The van der Waals surface area contributed by atoms with Crippen molar-refractivity contribution >= 4 is 17.6 Å². The van der Waals surface area contributed by atoms with Gasteiger partial charge in [-0.1, -0.05) is 45.9 Å². The van der Waals surface area contributed by atoms with Crippen molar-refractivity contribution in [2.75, 3.05) is 105 Å². The lowest BCUT2D eigenvalue weighted by Gasteiger charge is -2.60. The number of ether oxygens (including phenoxy) is 1. The summed E-state index contributed by atoms with van der Waals surface area (Å²) in [6.45, 7) is 26.2. The van der Waals surface area contributed by atoms with Gasteiger partial charge in [0.25, 0.3) is 0 Å². The zero-order valence-electron chi connectivity index (χ0n) is 40.6. The molecule has 1 amide bonds. The summed E-state index contributed by atoms with van der Waals surface area (Å²) in [7, 11) is 5.25. The van der Waals surface area contributed by atoms with Gasteiger partial charge in [0.1, 0.15) is 6.17 Å². The number of nitrogen functional groups attached to an aromatic ring is 1. The standard InChI is InChI=1S/C10H19N.C9H18N2O.C8H15NO2.C7H15N.C6H7N.C5H10FN.C2H7N.CH5N/c1-10(2)8-4-3-7(6-11)9(10)5-8;1-3-11(4-2)9(12)8-5-6-10-7-8;1-2-11-8(10)7-4-3-5-9-6-7;1-6-3-7(2)5-8-4-6;7-6-4-2-1-3-5-6;6-5-2-1-3-7-4-5;1-3-2;1-2/h7-9H,3-6,11H2,1-2H3;8,10H,3-7H2,1-2H3;7,9H,2-6H2,1H3;6-8H,3-5H2,1-2H3;1-5H,7H2;5,7H,1-4H2;3H,1-2H3;2H2,1H3/t7-,8?,9-;;;;;;;/m0......./s1. The number of hydrogen-bond donors (Lipinski definition) is 8. The summed E-state index contributed by atoms with van der Waals surface area (Å²) in [5, 5.41) is 15.5. The highest BCUT2D eigenvalue weighted by molar-refractivity contribution is 5.79. The van der Waals surface area contributed by atoms with E-state index in [0.717, 1.165) is 120 Å². The molecule has 3 aliphatic carbocycles. The first-order chi connectivity index (χ1) is 29.3. The van der Waals surface area contributed by atoms with Crippen LogP contribution in [0.15, 0.2) is 30.3 Å². The molecule has 1 aromatic rings. The Morgan fingerprint density at radius 3 is 1.67 bits per heavy atom. The molecule has 6 unspecified atom stereocenters. The zero-order valence-corrected chi connectivity index (χ0v) is 40.6. The number of benzene rings is 1. The van der Waals surface area contributed by atoms with Crippen molar-refractivity contribution in [1.29, 1.82) is 0 Å². The van der Waals surface area contributed by atoms with E-state index < -0.39 is 6.17 Å². The number of carbonyl (C=O) groups excluding carboxylic acids is 2. The van der Waals surface area contributed by atoms with Gasteiger partial charge in [-0.25, -0.2) is 4.39 Å². The second-order valence-electron chi connectivity index (χ2n) is 17.9. The predicted molar refractivity (Wildman–Crippen MR) is 257 cm³/mol. The zero-order chi connectivity index (χ0) is 46.1. The third kappa shape index (κ3) is 24.9. The van der Waals surface area contributed by atoms with E-state index in [9.17, 15) is 14.0 Å². The van der Waals surface area contributed by atoms with Crippen LogP contribution in [-0.4, -0.2) is 123 Å². The molecule has 7 fully saturated rings. The molecule has 4 heterocycles. The Morgan fingerprint density at radius 1 is 0.787 bits per heavy atom. The Bertz CT molecular complexity index is 1160. The third-order valence-electron chi connectivity index (χ3n) is 12.5. The topological polar surface area (TPSA) is 185 Å². The largest absolute Gasteiger partial charge is 0.466 e. The van der Waals surface area contributed by atoms with Crippen molar-refractivity contribution in [1.82, 2.24) is 31.5 Å². The molecule has 358 valence electrons. The molecule has 8 atom stereocenters. The molecule has 11 N–H and O–H groups in total. The molecule has 8 rings (SSSR count). The lowest BCUT2D eigenvalue weighted by Crippen LogP contribution is -2.53. The number of nitrogens with one attached hydrogen (secondary N) is 5. The summed E-state index contributed by atoms with van der Waals surface area (Å²) in [4.78, 5) is 24.7. The summed E-state index contributed by atoms with van der Waals surface area (Å²) < 4.78 is 17.0. The Hall–Kier alpha value is -2.39. The number of nitrogens with two attached hydrogens (primary N) is 3. The van der Waals surface area contributed by atoms with Crippen LogP contribution in [0.1, 0.15) is 106 Å². The van der Waals surface area contributed by atoms with Gasteiger partial charge in [-0.15, -0.1) is 0 Å². The SMILES string of the molecule is CC1(C)C2CC[C@@H](CN)[C@@H]1C2.CC1CNCC(C)C1.CCN(CC)C(=O)C1CCNC1.CCOC(=O)C1CCCNC1.CN.CNC.FC1CCCNC1.Nc1ccccc1. The molecular weight excluding hydrogens is 770 g/mol. The average molecular weight is 866 g/mol. The second-order valence-corrected chi connectivity index (χ2v) is 17.9. The van der Waals surface area contributed by atoms with Gasteiger partial charge in [-0.2, -0.15) is 0 Å². The number of anilines is 1. The van der Waals surface area contributed by atoms with Crippen molar-refractivity contribution in [2.45, 2.75) is 112 Å². The highest BCUT2D eigenvalue weighted by Crippen LogP contribution is 2.61. The highest BCUT2D eigenvalue weighted by Gasteiger charge is 2.53. The van der Waals surface area contributed by atoms with Gasteiger partial charge in [0.2, 0.25) is 5.91 Å². The Balaban J connectivity index is 0.000000700. The number of nitrogens with zero attached hydrogens (tertiary/aromatic N) is 1. The first-order valence-electron chi connectivity index (χ1n) is 23.9. The maximum Gasteiger partial charge on any atom is 0.310 e. The Morgan fingerprint density at radius 2 is 1.34 bits per heavy atom. The quantitative estimate of drug-likeness (QED) is 0.130. The van der Waals surface area contributed by atoms with Crippen molar-refractivity contribution in [2.24, 2.45) is 58.3 Å². The van der Waals surface area contributed by atoms with Gasteiger partial charge < -0.3 is 53.4 Å². The van der Waals surface area contributed by atoms with E-state index in [1.807, 2.05) is 70.1 Å². The molecule has 13 heteroatoms. The van der Waals surface area contributed by atoms with E-state index >= 15 is 0 Å². The van der Waals surface area contributed by atoms with Gasteiger partial charge in [0.05, 0.1) is 18.4 Å². The maximum absolute atomic E-state index is 12.1. The number of carbonyl (C=O) groups is 2.